The van der Waals surface area contributed by atoms with Crippen molar-refractivity contribution in [2.75, 3.05) is 33.3 Å². The lowest BCUT2D eigenvalue weighted by Gasteiger charge is -2.15. The molecule has 0 fully saturated rings. The smallest absolute Gasteiger partial charge is 0.340 e. The number of benzene rings is 2. The molecule has 2 aromatic rings. The predicted octanol–water partition coefficient (Wildman–Crippen LogP) is 3.12. The number of carbonyl (C=O) groups excluding carboxylic acids is 2. The van der Waals surface area contributed by atoms with Crippen molar-refractivity contribution in [3.63, 3.8) is 0 Å². The van der Waals surface area contributed by atoms with Gasteiger partial charge in [-0.2, -0.15) is 0 Å². The number of nitrogens with one attached hydrogen (secondary N) is 1. The molecule has 7 heteroatoms. The zero-order valence-electron chi connectivity index (χ0n) is 16.0. The molecule has 0 aliphatic carbocycles. The normalized spacial score (nSPS) is 10.1. The van der Waals surface area contributed by atoms with Gasteiger partial charge in [0.25, 0.3) is 5.91 Å². The molecular weight excluding hydrogens is 350 g/mol. The molecule has 27 heavy (non-hydrogen) atoms. The first kappa shape index (κ1) is 20.1. The van der Waals surface area contributed by atoms with Crippen LogP contribution in [0.3, 0.4) is 0 Å². The van der Waals surface area contributed by atoms with Crippen LogP contribution in [-0.2, 0) is 9.53 Å². The molecule has 0 unspecified atom stereocenters. The Balaban J connectivity index is 2.22. The Bertz CT molecular complexity index is 826. The van der Waals surface area contributed by atoms with Gasteiger partial charge in [-0.15, -0.1) is 0 Å². The maximum atomic E-state index is 12.4. The maximum absolute atomic E-state index is 12.4. The zero-order valence-corrected chi connectivity index (χ0v) is 16.0. The number of anilines is 1. The average Bonchev–Trinajstić information content (AvgIpc) is 2.66. The van der Waals surface area contributed by atoms with Crippen molar-refractivity contribution in [3.05, 3.63) is 47.0 Å². The second kappa shape index (κ2) is 8.93. The van der Waals surface area contributed by atoms with E-state index in [9.17, 15) is 9.59 Å². The van der Waals surface area contributed by atoms with Crippen molar-refractivity contribution in [2.24, 2.45) is 0 Å². The Labute approximate surface area is 158 Å². The first-order valence-electron chi connectivity index (χ1n) is 8.24. The molecule has 2 rings (SSSR count). The quantitative estimate of drug-likeness (QED) is 0.751. The minimum atomic E-state index is -0.609. The van der Waals surface area contributed by atoms with E-state index in [1.54, 1.807) is 0 Å². The fourth-order valence-electron chi connectivity index (χ4n) is 2.61. The Morgan fingerprint density at radius 2 is 1.56 bits per heavy atom. The summed E-state index contributed by atoms with van der Waals surface area (Å²) in [4.78, 5) is 24.4. The molecular formula is C20H23NO6. The van der Waals surface area contributed by atoms with Gasteiger partial charge in [0.15, 0.2) is 18.1 Å². The van der Waals surface area contributed by atoms with Crippen LogP contribution in [0.5, 0.6) is 17.2 Å². The minimum absolute atomic E-state index is 0.149. The highest BCUT2D eigenvalue weighted by Crippen LogP contribution is 2.33. The number of esters is 1. The van der Waals surface area contributed by atoms with Crippen molar-refractivity contribution < 1.29 is 28.5 Å². The summed E-state index contributed by atoms with van der Waals surface area (Å²) in [6.45, 7) is 3.61. The number of hydrogen-bond donors (Lipinski definition) is 1. The zero-order chi connectivity index (χ0) is 20.0. The van der Waals surface area contributed by atoms with E-state index in [2.05, 4.69) is 5.32 Å². The Kier molecular flexibility index (Phi) is 6.65. The van der Waals surface area contributed by atoms with Gasteiger partial charge in [-0.05, 0) is 25.0 Å². The number of rotatable bonds is 7. The van der Waals surface area contributed by atoms with Crippen LogP contribution < -0.4 is 19.5 Å². The van der Waals surface area contributed by atoms with Gasteiger partial charge in [-0.1, -0.05) is 18.2 Å². The van der Waals surface area contributed by atoms with Crippen LogP contribution in [0.25, 0.3) is 0 Å². The van der Waals surface area contributed by atoms with Crippen molar-refractivity contribution >= 4 is 17.6 Å². The van der Waals surface area contributed by atoms with E-state index in [-0.39, 0.29) is 17.9 Å². The highest BCUT2D eigenvalue weighted by atomic mass is 16.5. The predicted molar refractivity (Wildman–Crippen MR) is 101 cm³/mol. The highest BCUT2D eigenvalue weighted by Gasteiger charge is 2.19. The molecule has 2 aromatic carbocycles. The number of aryl methyl sites for hydroxylation is 2. The summed E-state index contributed by atoms with van der Waals surface area (Å²) < 4.78 is 20.8. The third-order valence-corrected chi connectivity index (χ3v) is 3.96. The highest BCUT2D eigenvalue weighted by molar-refractivity contribution is 6.02. The molecule has 0 heterocycles. The summed E-state index contributed by atoms with van der Waals surface area (Å²) in [6.07, 6.45) is 0. The fourth-order valence-corrected chi connectivity index (χ4v) is 2.61. The standard InChI is InChI=1S/C20H23NO6/c1-12-7-6-8-13(2)19(12)27-11-18(22)21-15-10-17(25-4)16(24-3)9-14(15)20(23)26-5/h6-10H,11H2,1-5H3,(H,21,22). The first-order chi connectivity index (χ1) is 12.9. The van der Waals surface area contributed by atoms with Gasteiger partial charge < -0.3 is 24.3 Å². The van der Waals surface area contributed by atoms with Gasteiger partial charge in [-0.25, -0.2) is 4.79 Å². The van der Waals surface area contributed by atoms with Gasteiger partial charge in [0.1, 0.15) is 5.75 Å². The van der Waals surface area contributed by atoms with E-state index < -0.39 is 11.9 Å². The van der Waals surface area contributed by atoms with Gasteiger partial charge in [-0.3, -0.25) is 4.79 Å². The van der Waals surface area contributed by atoms with Gasteiger partial charge in [0.05, 0.1) is 32.6 Å². The van der Waals surface area contributed by atoms with Crippen molar-refractivity contribution in [2.45, 2.75) is 13.8 Å². The SMILES string of the molecule is COC(=O)c1cc(OC)c(OC)cc1NC(=O)COc1c(C)cccc1C. The van der Waals surface area contributed by atoms with Crippen LogP contribution in [0.2, 0.25) is 0 Å². The second-order valence-corrected chi connectivity index (χ2v) is 5.80. The van der Waals surface area contributed by atoms with Crippen LogP contribution in [-0.4, -0.2) is 39.8 Å². The molecule has 7 nitrogen and oxygen atoms in total. The number of amides is 1. The molecule has 0 bridgehead atoms. The summed E-state index contributed by atoms with van der Waals surface area (Å²) in [7, 11) is 4.18. The summed E-state index contributed by atoms with van der Waals surface area (Å²) in [5, 5.41) is 2.66. The van der Waals surface area contributed by atoms with Crippen molar-refractivity contribution in [1.82, 2.24) is 0 Å². The van der Waals surface area contributed by atoms with Crippen LogP contribution >= 0.6 is 0 Å². The van der Waals surface area contributed by atoms with E-state index in [1.165, 1.54) is 33.5 Å². The molecule has 1 amide bonds. The summed E-state index contributed by atoms with van der Waals surface area (Å²) >= 11 is 0. The van der Waals surface area contributed by atoms with E-state index >= 15 is 0 Å². The largest absolute Gasteiger partial charge is 0.493 e. The molecule has 0 spiro atoms. The first-order valence-corrected chi connectivity index (χ1v) is 8.24. The lowest BCUT2D eigenvalue weighted by atomic mass is 10.1. The van der Waals surface area contributed by atoms with Crippen molar-refractivity contribution in [1.29, 1.82) is 0 Å². The molecule has 0 saturated carbocycles. The molecule has 1 N–H and O–H groups in total. The average molecular weight is 373 g/mol. The number of methoxy groups -OCH3 is 3. The van der Waals surface area contributed by atoms with E-state index in [4.69, 9.17) is 18.9 Å². The summed E-state index contributed by atoms with van der Waals surface area (Å²) in [5.74, 6) is 0.351. The fraction of sp³-hybridized carbons (Fsp3) is 0.300. The molecule has 0 radical (unpaired) electrons. The van der Waals surface area contributed by atoms with E-state index in [1.807, 2.05) is 32.0 Å². The molecule has 0 atom stereocenters. The minimum Gasteiger partial charge on any atom is -0.493 e. The Morgan fingerprint density at radius 1 is 0.963 bits per heavy atom. The number of para-hydroxylation sites is 1. The number of ether oxygens (including phenoxy) is 4. The van der Waals surface area contributed by atoms with E-state index in [0.29, 0.717) is 17.2 Å². The van der Waals surface area contributed by atoms with Crippen LogP contribution in [0.4, 0.5) is 5.69 Å². The molecule has 0 aliphatic rings. The van der Waals surface area contributed by atoms with Crippen LogP contribution in [0, 0.1) is 13.8 Å². The van der Waals surface area contributed by atoms with Gasteiger partial charge in [0, 0.05) is 12.1 Å². The summed E-state index contributed by atoms with van der Waals surface area (Å²) in [5.41, 5.74) is 2.26. The van der Waals surface area contributed by atoms with Gasteiger partial charge >= 0.3 is 5.97 Å². The lowest BCUT2D eigenvalue weighted by molar-refractivity contribution is -0.118. The Hall–Kier alpha value is -3.22. The monoisotopic (exact) mass is 373 g/mol. The topological polar surface area (TPSA) is 83.1 Å². The summed E-state index contributed by atoms with van der Waals surface area (Å²) in [6, 6.07) is 8.69. The second-order valence-electron chi connectivity index (χ2n) is 5.80. The molecule has 0 aliphatic heterocycles. The number of hydrogen-bond acceptors (Lipinski definition) is 6. The van der Waals surface area contributed by atoms with E-state index in [0.717, 1.165) is 11.1 Å². The van der Waals surface area contributed by atoms with Crippen LogP contribution in [0.15, 0.2) is 30.3 Å². The number of carbonyl (C=O) groups is 2. The van der Waals surface area contributed by atoms with Gasteiger partial charge in [0.2, 0.25) is 0 Å². The molecule has 0 aromatic heterocycles. The third kappa shape index (κ3) is 4.69. The molecule has 144 valence electrons. The van der Waals surface area contributed by atoms with Crippen LogP contribution in [0.1, 0.15) is 21.5 Å². The lowest BCUT2D eigenvalue weighted by Crippen LogP contribution is -2.22. The molecule has 0 saturated heterocycles. The Morgan fingerprint density at radius 3 is 2.11 bits per heavy atom. The van der Waals surface area contributed by atoms with Crippen molar-refractivity contribution in [3.8, 4) is 17.2 Å². The maximum Gasteiger partial charge on any atom is 0.340 e. The third-order valence-electron chi connectivity index (χ3n) is 3.96.